The van der Waals surface area contributed by atoms with E-state index in [4.69, 9.17) is 0 Å². The van der Waals surface area contributed by atoms with Crippen molar-refractivity contribution < 1.29 is 9.59 Å². The lowest BCUT2D eigenvalue weighted by molar-refractivity contribution is -0.144. The fourth-order valence-corrected chi connectivity index (χ4v) is 4.55. The van der Waals surface area contributed by atoms with Gasteiger partial charge >= 0.3 is 0 Å². The van der Waals surface area contributed by atoms with E-state index < -0.39 is 0 Å². The van der Waals surface area contributed by atoms with Gasteiger partial charge in [0.05, 0.1) is 6.33 Å². The smallest absolute Gasteiger partial charge is 0.225 e. The first kappa shape index (κ1) is 17.6. The minimum atomic E-state index is 0.116. The van der Waals surface area contributed by atoms with Crippen LogP contribution in [0, 0.1) is 17.8 Å². The quantitative estimate of drug-likeness (QED) is 0.829. The highest BCUT2D eigenvalue weighted by atomic mass is 16.2. The van der Waals surface area contributed by atoms with Crippen LogP contribution in [0.25, 0.3) is 0 Å². The van der Waals surface area contributed by atoms with Crippen molar-refractivity contribution in [2.75, 3.05) is 26.2 Å². The summed E-state index contributed by atoms with van der Waals surface area (Å²) < 4.78 is 2.14. The SMILES string of the molecule is O=C(C1CCN(C(=O)C2CCC2)CC1)N1CCC(Cn2ccnc2)CC1. The lowest BCUT2D eigenvalue weighted by Crippen LogP contribution is -2.48. The van der Waals surface area contributed by atoms with Gasteiger partial charge in [0.25, 0.3) is 0 Å². The van der Waals surface area contributed by atoms with Crippen LogP contribution >= 0.6 is 0 Å². The van der Waals surface area contributed by atoms with Crippen molar-refractivity contribution in [1.29, 1.82) is 0 Å². The molecule has 1 aromatic heterocycles. The summed E-state index contributed by atoms with van der Waals surface area (Å²) in [5.41, 5.74) is 0. The Labute approximate surface area is 155 Å². The Balaban J connectivity index is 1.21. The van der Waals surface area contributed by atoms with Crippen molar-refractivity contribution in [2.45, 2.75) is 51.5 Å². The molecule has 1 aliphatic carbocycles. The molecule has 0 radical (unpaired) electrons. The zero-order chi connectivity index (χ0) is 17.9. The maximum Gasteiger partial charge on any atom is 0.225 e. The van der Waals surface area contributed by atoms with E-state index in [1.54, 1.807) is 0 Å². The first-order chi connectivity index (χ1) is 12.7. The predicted octanol–water partition coefficient (Wildman–Crippen LogP) is 2.16. The fourth-order valence-electron chi connectivity index (χ4n) is 4.55. The lowest BCUT2D eigenvalue weighted by Gasteiger charge is -2.39. The monoisotopic (exact) mass is 358 g/mol. The molecule has 3 fully saturated rings. The molecule has 2 aliphatic heterocycles. The molecule has 0 atom stereocenters. The third-order valence-corrected chi connectivity index (χ3v) is 6.56. The molecule has 142 valence electrons. The van der Waals surface area contributed by atoms with Crippen molar-refractivity contribution in [3.05, 3.63) is 18.7 Å². The van der Waals surface area contributed by atoms with Crippen molar-refractivity contribution in [3.8, 4) is 0 Å². The van der Waals surface area contributed by atoms with Crippen LogP contribution in [0.1, 0.15) is 44.9 Å². The molecular weight excluding hydrogens is 328 g/mol. The van der Waals surface area contributed by atoms with Crippen LogP contribution in [0.3, 0.4) is 0 Å². The average molecular weight is 358 g/mol. The van der Waals surface area contributed by atoms with Gasteiger partial charge in [0.15, 0.2) is 0 Å². The number of hydrogen-bond acceptors (Lipinski definition) is 3. The number of carbonyl (C=O) groups excluding carboxylic acids is 2. The van der Waals surface area contributed by atoms with Crippen LogP contribution in [0.4, 0.5) is 0 Å². The number of likely N-dealkylation sites (tertiary alicyclic amines) is 2. The summed E-state index contributed by atoms with van der Waals surface area (Å²) in [5.74, 6) is 1.68. The van der Waals surface area contributed by atoms with Crippen molar-refractivity contribution >= 4 is 11.8 Å². The maximum absolute atomic E-state index is 12.9. The number of hydrogen-bond donors (Lipinski definition) is 0. The Morgan fingerprint density at radius 2 is 1.42 bits per heavy atom. The zero-order valence-electron chi connectivity index (χ0n) is 15.6. The number of aromatic nitrogens is 2. The van der Waals surface area contributed by atoms with Gasteiger partial charge in [-0.15, -0.1) is 0 Å². The van der Waals surface area contributed by atoms with E-state index in [0.717, 1.165) is 71.2 Å². The molecule has 0 bridgehead atoms. The summed E-state index contributed by atoms with van der Waals surface area (Å²) in [4.78, 5) is 33.4. The van der Waals surface area contributed by atoms with Crippen molar-refractivity contribution in [1.82, 2.24) is 19.4 Å². The zero-order valence-corrected chi connectivity index (χ0v) is 15.6. The molecule has 0 aromatic carbocycles. The van der Waals surface area contributed by atoms with E-state index in [0.29, 0.717) is 17.7 Å². The van der Waals surface area contributed by atoms with Crippen LogP contribution in [0.5, 0.6) is 0 Å². The highest BCUT2D eigenvalue weighted by Gasteiger charge is 2.35. The summed E-state index contributed by atoms with van der Waals surface area (Å²) in [5, 5.41) is 0. The van der Waals surface area contributed by atoms with Gasteiger partial charge in [-0.1, -0.05) is 6.42 Å². The molecule has 4 rings (SSSR count). The van der Waals surface area contributed by atoms with Crippen LogP contribution in [0.15, 0.2) is 18.7 Å². The van der Waals surface area contributed by atoms with Crippen LogP contribution in [0.2, 0.25) is 0 Å². The van der Waals surface area contributed by atoms with Crippen LogP contribution in [-0.2, 0) is 16.1 Å². The molecular formula is C20H30N4O2. The third-order valence-electron chi connectivity index (χ3n) is 6.56. The second kappa shape index (κ2) is 7.80. The summed E-state index contributed by atoms with van der Waals surface area (Å²) in [6, 6.07) is 0. The summed E-state index contributed by atoms with van der Waals surface area (Å²) in [7, 11) is 0. The minimum Gasteiger partial charge on any atom is -0.342 e. The number of piperidine rings is 2. The van der Waals surface area contributed by atoms with Gasteiger partial charge in [0, 0.05) is 57.0 Å². The predicted molar refractivity (Wildman–Crippen MR) is 98.2 cm³/mol. The van der Waals surface area contributed by atoms with Crippen molar-refractivity contribution in [2.24, 2.45) is 17.8 Å². The van der Waals surface area contributed by atoms with Gasteiger partial charge in [-0.2, -0.15) is 0 Å². The van der Waals surface area contributed by atoms with Crippen LogP contribution in [-0.4, -0.2) is 57.3 Å². The standard InChI is InChI=1S/C20H30N4O2/c25-19(17-2-1-3-17)24-11-6-18(7-12-24)20(26)23-9-4-16(5-10-23)14-22-13-8-21-15-22/h8,13,15-18H,1-7,9-12,14H2. The lowest BCUT2D eigenvalue weighted by atomic mass is 9.83. The van der Waals surface area contributed by atoms with E-state index in [9.17, 15) is 9.59 Å². The second-order valence-corrected chi connectivity index (χ2v) is 8.26. The second-order valence-electron chi connectivity index (χ2n) is 8.26. The Morgan fingerprint density at radius 3 is 1.92 bits per heavy atom. The Morgan fingerprint density at radius 1 is 0.846 bits per heavy atom. The molecule has 0 N–H and O–H groups in total. The van der Waals surface area contributed by atoms with Gasteiger partial charge < -0.3 is 14.4 Å². The molecule has 6 nitrogen and oxygen atoms in total. The molecule has 3 aliphatic rings. The van der Waals surface area contributed by atoms with Gasteiger partial charge in [-0.25, -0.2) is 4.98 Å². The highest BCUT2D eigenvalue weighted by molar-refractivity contribution is 5.81. The minimum absolute atomic E-state index is 0.116. The topological polar surface area (TPSA) is 58.4 Å². The van der Waals surface area contributed by atoms with E-state index in [-0.39, 0.29) is 11.8 Å². The molecule has 26 heavy (non-hydrogen) atoms. The molecule has 2 saturated heterocycles. The van der Waals surface area contributed by atoms with Gasteiger partial charge in [0.1, 0.15) is 0 Å². The molecule has 0 unspecified atom stereocenters. The Kier molecular flexibility index (Phi) is 5.27. The summed E-state index contributed by atoms with van der Waals surface area (Å²) in [6.07, 6.45) is 12.8. The van der Waals surface area contributed by atoms with E-state index in [1.165, 1.54) is 6.42 Å². The Bertz CT molecular complexity index is 610. The van der Waals surface area contributed by atoms with Crippen LogP contribution < -0.4 is 0 Å². The summed E-state index contributed by atoms with van der Waals surface area (Å²) in [6.45, 7) is 4.29. The maximum atomic E-state index is 12.9. The highest BCUT2D eigenvalue weighted by Crippen LogP contribution is 2.30. The normalized spacial score (nSPS) is 23.1. The molecule has 1 aromatic rings. The number of amides is 2. The molecule has 1 saturated carbocycles. The molecule has 2 amide bonds. The van der Waals surface area contributed by atoms with Gasteiger partial charge in [0.2, 0.25) is 11.8 Å². The molecule has 6 heteroatoms. The summed E-state index contributed by atoms with van der Waals surface area (Å²) >= 11 is 0. The van der Waals surface area contributed by atoms with Gasteiger partial charge in [-0.3, -0.25) is 9.59 Å². The average Bonchev–Trinajstić information content (AvgIpc) is 3.13. The van der Waals surface area contributed by atoms with E-state index in [1.807, 2.05) is 23.6 Å². The largest absolute Gasteiger partial charge is 0.342 e. The number of nitrogens with zero attached hydrogens (tertiary/aromatic N) is 4. The fraction of sp³-hybridized carbons (Fsp3) is 0.750. The Hall–Kier alpha value is -1.85. The first-order valence-corrected chi connectivity index (χ1v) is 10.2. The van der Waals surface area contributed by atoms with E-state index >= 15 is 0 Å². The molecule has 3 heterocycles. The third kappa shape index (κ3) is 3.79. The number of rotatable bonds is 4. The first-order valence-electron chi connectivity index (χ1n) is 10.2. The van der Waals surface area contributed by atoms with Gasteiger partial charge in [-0.05, 0) is 44.4 Å². The van der Waals surface area contributed by atoms with Crippen molar-refractivity contribution in [3.63, 3.8) is 0 Å². The number of imidazole rings is 1. The number of carbonyl (C=O) groups is 2. The molecule has 0 spiro atoms. The van der Waals surface area contributed by atoms with E-state index in [2.05, 4.69) is 14.5 Å².